The highest BCUT2D eigenvalue weighted by molar-refractivity contribution is 5.27. The first-order valence-corrected chi connectivity index (χ1v) is 7.92. The SMILES string of the molecule is CCCNC(CO)(COc1ccc(CCO)cc1)C1CC1. The molecule has 1 fully saturated rings. The second-order valence-corrected chi connectivity index (χ2v) is 5.92. The van der Waals surface area contributed by atoms with E-state index in [0.29, 0.717) is 18.9 Å². The summed E-state index contributed by atoms with van der Waals surface area (Å²) in [5, 5.41) is 22.2. The maximum absolute atomic E-state index is 9.84. The van der Waals surface area contributed by atoms with E-state index in [9.17, 15) is 5.11 Å². The first-order chi connectivity index (χ1) is 10.2. The lowest BCUT2D eigenvalue weighted by Gasteiger charge is -2.33. The van der Waals surface area contributed by atoms with Gasteiger partial charge in [0.25, 0.3) is 0 Å². The van der Waals surface area contributed by atoms with Gasteiger partial charge in [-0.3, -0.25) is 0 Å². The van der Waals surface area contributed by atoms with Crippen LogP contribution in [0.15, 0.2) is 24.3 Å². The molecule has 1 unspecified atom stereocenters. The number of nitrogens with one attached hydrogen (secondary N) is 1. The molecule has 1 atom stereocenters. The van der Waals surface area contributed by atoms with Crippen molar-refractivity contribution in [3.05, 3.63) is 29.8 Å². The van der Waals surface area contributed by atoms with Crippen molar-refractivity contribution in [2.24, 2.45) is 5.92 Å². The molecule has 4 heteroatoms. The van der Waals surface area contributed by atoms with Crippen LogP contribution in [-0.4, -0.2) is 42.1 Å². The van der Waals surface area contributed by atoms with Crippen molar-refractivity contribution in [1.82, 2.24) is 5.32 Å². The highest BCUT2D eigenvalue weighted by atomic mass is 16.5. The number of aliphatic hydroxyl groups is 2. The van der Waals surface area contributed by atoms with Crippen molar-refractivity contribution >= 4 is 0 Å². The average Bonchev–Trinajstić information content (AvgIpc) is 3.35. The van der Waals surface area contributed by atoms with E-state index in [4.69, 9.17) is 9.84 Å². The van der Waals surface area contributed by atoms with Crippen molar-refractivity contribution in [2.45, 2.75) is 38.1 Å². The normalized spacial score (nSPS) is 17.5. The molecule has 1 aromatic carbocycles. The van der Waals surface area contributed by atoms with Crippen LogP contribution in [0.1, 0.15) is 31.7 Å². The number of benzene rings is 1. The van der Waals surface area contributed by atoms with Crippen molar-refractivity contribution in [3.63, 3.8) is 0 Å². The lowest BCUT2D eigenvalue weighted by molar-refractivity contribution is 0.0851. The molecular formula is C17H27NO3. The molecule has 0 aliphatic heterocycles. The van der Waals surface area contributed by atoms with E-state index < -0.39 is 0 Å². The van der Waals surface area contributed by atoms with E-state index in [0.717, 1.165) is 37.1 Å². The van der Waals surface area contributed by atoms with Gasteiger partial charge in [0.15, 0.2) is 0 Å². The molecule has 0 heterocycles. The van der Waals surface area contributed by atoms with Gasteiger partial charge in [-0.25, -0.2) is 0 Å². The fraction of sp³-hybridized carbons (Fsp3) is 0.647. The van der Waals surface area contributed by atoms with Crippen molar-refractivity contribution < 1.29 is 14.9 Å². The van der Waals surface area contributed by atoms with Crippen LogP contribution in [0, 0.1) is 5.92 Å². The van der Waals surface area contributed by atoms with E-state index in [1.807, 2.05) is 24.3 Å². The molecule has 0 bridgehead atoms. The maximum atomic E-state index is 9.84. The molecule has 0 radical (unpaired) electrons. The lowest BCUT2D eigenvalue weighted by atomic mass is 9.95. The predicted octanol–water partition coefficient (Wildman–Crippen LogP) is 1.74. The summed E-state index contributed by atoms with van der Waals surface area (Å²) in [5.41, 5.74) is 0.796. The van der Waals surface area contributed by atoms with Crippen LogP contribution in [0.2, 0.25) is 0 Å². The molecule has 1 aromatic rings. The summed E-state index contributed by atoms with van der Waals surface area (Å²) in [5.74, 6) is 1.33. The Morgan fingerprint density at radius 2 is 1.95 bits per heavy atom. The summed E-state index contributed by atoms with van der Waals surface area (Å²) in [6, 6.07) is 7.81. The first-order valence-electron chi connectivity index (χ1n) is 7.92. The highest BCUT2D eigenvalue weighted by Crippen LogP contribution is 2.40. The number of rotatable bonds is 10. The molecule has 0 amide bonds. The molecule has 0 saturated heterocycles. The minimum absolute atomic E-state index is 0.111. The molecule has 1 aliphatic carbocycles. The summed E-state index contributed by atoms with van der Waals surface area (Å²) in [6.07, 6.45) is 4.04. The van der Waals surface area contributed by atoms with Gasteiger partial charge in [-0.15, -0.1) is 0 Å². The average molecular weight is 293 g/mol. The zero-order chi connectivity index (χ0) is 15.1. The van der Waals surface area contributed by atoms with Gasteiger partial charge in [0.05, 0.1) is 12.1 Å². The zero-order valence-corrected chi connectivity index (χ0v) is 12.8. The third-order valence-corrected chi connectivity index (χ3v) is 4.19. The number of hydrogen-bond acceptors (Lipinski definition) is 4. The van der Waals surface area contributed by atoms with Gasteiger partial charge in [0.1, 0.15) is 12.4 Å². The van der Waals surface area contributed by atoms with Crippen molar-refractivity contribution in [1.29, 1.82) is 0 Å². The van der Waals surface area contributed by atoms with Gasteiger partial charge < -0.3 is 20.3 Å². The molecule has 4 nitrogen and oxygen atoms in total. The maximum Gasteiger partial charge on any atom is 0.119 e. The Kier molecular flexibility index (Phi) is 6.03. The summed E-state index contributed by atoms with van der Waals surface area (Å²) in [7, 11) is 0. The second-order valence-electron chi connectivity index (χ2n) is 5.92. The molecule has 21 heavy (non-hydrogen) atoms. The van der Waals surface area contributed by atoms with Crippen LogP contribution in [0.5, 0.6) is 5.75 Å². The number of aliphatic hydroxyl groups excluding tert-OH is 2. The van der Waals surface area contributed by atoms with Crippen LogP contribution in [0.25, 0.3) is 0 Å². The monoisotopic (exact) mass is 293 g/mol. The highest BCUT2D eigenvalue weighted by Gasteiger charge is 2.45. The Morgan fingerprint density at radius 3 is 2.48 bits per heavy atom. The Labute approximate surface area is 127 Å². The van der Waals surface area contributed by atoms with Gasteiger partial charge >= 0.3 is 0 Å². The fourth-order valence-electron chi connectivity index (χ4n) is 2.65. The molecule has 118 valence electrons. The van der Waals surface area contributed by atoms with Crippen LogP contribution in [-0.2, 0) is 6.42 Å². The van der Waals surface area contributed by atoms with E-state index in [2.05, 4.69) is 12.2 Å². The quantitative estimate of drug-likeness (QED) is 0.615. The van der Waals surface area contributed by atoms with Gasteiger partial charge in [0, 0.05) is 6.61 Å². The Bertz CT molecular complexity index is 417. The van der Waals surface area contributed by atoms with E-state index in [-0.39, 0.29) is 18.8 Å². The fourth-order valence-corrected chi connectivity index (χ4v) is 2.65. The first kappa shape index (κ1) is 16.3. The van der Waals surface area contributed by atoms with Gasteiger partial charge in [-0.1, -0.05) is 19.1 Å². The molecule has 1 saturated carbocycles. The van der Waals surface area contributed by atoms with E-state index in [1.54, 1.807) is 0 Å². The zero-order valence-electron chi connectivity index (χ0n) is 12.8. The van der Waals surface area contributed by atoms with Crippen LogP contribution < -0.4 is 10.1 Å². The molecule has 3 N–H and O–H groups in total. The summed E-state index contributed by atoms with van der Waals surface area (Å²) >= 11 is 0. The Hall–Kier alpha value is -1.10. The van der Waals surface area contributed by atoms with E-state index in [1.165, 1.54) is 0 Å². The number of ether oxygens (including phenoxy) is 1. The predicted molar refractivity (Wildman–Crippen MR) is 83.6 cm³/mol. The van der Waals surface area contributed by atoms with Crippen LogP contribution in [0.4, 0.5) is 0 Å². The topological polar surface area (TPSA) is 61.7 Å². The number of hydrogen-bond donors (Lipinski definition) is 3. The second kappa shape index (κ2) is 7.78. The van der Waals surface area contributed by atoms with Crippen molar-refractivity contribution in [2.75, 3.05) is 26.4 Å². The van der Waals surface area contributed by atoms with Crippen molar-refractivity contribution in [3.8, 4) is 5.75 Å². The van der Waals surface area contributed by atoms with Crippen LogP contribution in [0.3, 0.4) is 0 Å². The molecule has 1 aliphatic rings. The summed E-state index contributed by atoms with van der Waals surface area (Å²) < 4.78 is 5.91. The Morgan fingerprint density at radius 1 is 1.24 bits per heavy atom. The molecular weight excluding hydrogens is 266 g/mol. The summed E-state index contributed by atoms with van der Waals surface area (Å²) in [6.45, 7) is 3.79. The Balaban J connectivity index is 1.94. The molecule has 0 aromatic heterocycles. The van der Waals surface area contributed by atoms with Gasteiger partial charge in [0.2, 0.25) is 0 Å². The minimum Gasteiger partial charge on any atom is -0.492 e. The standard InChI is InChI=1S/C17H27NO3/c1-2-10-18-17(12-20,15-5-6-15)13-21-16-7-3-14(4-8-16)9-11-19/h3-4,7-8,15,18-20H,2,5-6,9-13H2,1H3. The third kappa shape index (κ3) is 4.43. The minimum atomic E-state index is -0.306. The molecule has 0 spiro atoms. The largest absolute Gasteiger partial charge is 0.492 e. The van der Waals surface area contributed by atoms with Crippen LogP contribution >= 0.6 is 0 Å². The smallest absolute Gasteiger partial charge is 0.119 e. The van der Waals surface area contributed by atoms with E-state index >= 15 is 0 Å². The summed E-state index contributed by atoms with van der Waals surface area (Å²) in [4.78, 5) is 0. The lowest BCUT2D eigenvalue weighted by Crippen LogP contribution is -2.55. The van der Waals surface area contributed by atoms with Gasteiger partial charge in [-0.05, 0) is 55.8 Å². The van der Waals surface area contributed by atoms with Gasteiger partial charge in [-0.2, -0.15) is 0 Å². The third-order valence-electron chi connectivity index (χ3n) is 4.19. The molecule has 2 rings (SSSR count).